The summed E-state index contributed by atoms with van der Waals surface area (Å²) < 4.78 is 0. The van der Waals surface area contributed by atoms with Crippen LogP contribution in [0.15, 0.2) is 30.5 Å². The van der Waals surface area contributed by atoms with E-state index in [1.165, 1.54) is 6.20 Å². The van der Waals surface area contributed by atoms with Gasteiger partial charge in [-0.05, 0) is 23.2 Å². The Labute approximate surface area is 114 Å². The Morgan fingerprint density at radius 1 is 1.28 bits per heavy atom. The van der Waals surface area contributed by atoms with Crippen molar-refractivity contribution in [3.8, 4) is 0 Å². The molecule has 1 heterocycles. The number of carbonyl (C=O) groups excluding carboxylic acids is 1. The molecule has 0 aliphatic heterocycles. The zero-order chi connectivity index (χ0) is 13.0. The molecule has 2 rings (SSSR count). The topological polar surface area (TPSA) is 54.9 Å². The summed E-state index contributed by atoms with van der Waals surface area (Å²) in [6.07, 6.45) is 2.58. The molecule has 92 valence electrons. The van der Waals surface area contributed by atoms with Crippen LogP contribution in [0, 0.1) is 0 Å². The fourth-order valence-electron chi connectivity index (χ4n) is 1.47. The molecule has 0 amide bonds. The zero-order valence-electron chi connectivity index (χ0n) is 9.23. The van der Waals surface area contributed by atoms with Crippen molar-refractivity contribution in [2.45, 2.75) is 6.42 Å². The van der Waals surface area contributed by atoms with Gasteiger partial charge in [0.25, 0.3) is 0 Å². The fraction of sp³-hybridized carbons (Fsp3) is 0.0833. The number of anilines is 2. The van der Waals surface area contributed by atoms with E-state index in [4.69, 9.17) is 23.2 Å². The summed E-state index contributed by atoms with van der Waals surface area (Å²) >= 11 is 11.7. The van der Waals surface area contributed by atoms with Crippen LogP contribution in [0.5, 0.6) is 0 Å². The molecule has 4 nitrogen and oxygen atoms in total. The Morgan fingerprint density at radius 3 is 2.83 bits per heavy atom. The number of aldehydes is 1. The first-order valence-corrected chi connectivity index (χ1v) is 5.93. The third kappa shape index (κ3) is 2.97. The number of nitrogens with one attached hydrogen (secondary N) is 1. The van der Waals surface area contributed by atoms with E-state index >= 15 is 0 Å². The largest absolute Gasteiger partial charge is 0.339 e. The highest BCUT2D eigenvalue weighted by Crippen LogP contribution is 2.25. The van der Waals surface area contributed by atoms with Gasteiger partial charge in [-0.2, -0.15) is 4.98 Å². The molecule has 1 aromatic heterocycles. The Balaban J connectivity index is 2.33. The third-order valence-electron chi connectivity index (χ3n) is 2.29. The number of para-hydroxylation sites is 1. The van der Waals surface area contributed by atoms with Crippen LogP contribution in [0.3, 0.4) is 0 Å². The van der Waals surface area contributed by atoms with Gasteiger partial charge in [-0.25, -0.2) is 4.98 Å². The highest BCUT2D eigenvalue weighted by molar-refractivity contribution is 6.33. The van der Waals surface area contributed by atoms with Gasteiger partial charge < -0.3 is 10.1 Å². The number of carbonyl (C=O) groups is 1. The van der Waals surface area contributed by atoms with Gasteiger partial charge in [0.1, 0.15) is 11.3 Å². The van der Waals surface area contributed by atoms with Crippen molar-refractivity contribution >= 4 is 41.0 Å². The first kappa shape index (κ1) is 12.8. The molecule has 0 bridgehead atoms. The van der Waals surface area contributed by atoms with Crippen molar-refractivity contribution in [3.05, 3.63) is 46.3 Å². The SMILES string of the molecule is O=CCc1ccccc1Nc1nc(Cl)ncc1Cl. The predicted molar refractivity (Wildman–Crippen MR) is 71.5 cm³/mol. The average Bonchev–Trinajstić information content (AvgIpc) is 2.36. The Kier molecular flexibility index (Phi) is 4.12. The van der Waals surface area contributed by atoms with Gasteiger partial charge >= 0.3 is 0 Å². The molecule has 0 atom stereocenters. The summed E-state index contributed by atoms with van der Waals surface area (Å²) in [7, 11) is 0. The second kappa shape index (κ2) is 5.80. The van der Waals surface area contributed by atoms with Crippen molar-refractivity contribution in [2.24, 2.45) is 0 Å². The summed E-state index contributed by atoms with van der Waals surface area (Å²) in [5, 5.41) is 3.51. The highest BCUT2D eigenvalue weighted by atomic mass is 35.5. The van der Waals surface area contributed by atoms with Crippen LogP contribution < -0.4 is 5.32 Å². The maximum absolute atomic E-state index is 10.6. The minimum absolute atomic E-state index is 0.106. The van der Waals surface area contributed by atoms with Crippen LogP contribution >= 0.6 is 23.2 Å². The molecule has 6 heteroatoms. The standard InChI is InChI=1S/C12H9Cl2N3O/c13-9-7-15-12(14)17-11(9)16-10-4-2-1-3-8(10)5-6-18/h1-4,6-7H,5H2,(H,15,16,17). The third-order valence-corrected chi connectivity index (χ3v) is 2.75. The van der Waals surface area contributed by atoms with Crippen molar-refractivity contribution in [1.82, 2.24) is 9.97 Å². The normalized spacial score (nSPS) is 10.1. The van der Waals surface area contributed by atoms with Crippen LogP contribution in [-0.4, -0.2) is 16.3 Å². The maximum atomic E-state index is 10.6. The first-order valence-electron chi connectivity index (χ1n) is 5.17. The summed E-state index contributed by atoms with van der Waals surface area (Å²) in [5.41, 5.74) is 1.62. The Morgan fingerprint density at radius 2 is 2.06 bits per heavy atom. The number of hydrogen-bond donors (Lipinski definition) is 1. The van der Waals surface area contributed by atoms with Gasteiger partial charge in [-0.1, -0.05) is 29.8 Å². The average molecular weight is 282 g/mol. The van der Waals surface area contributed by atoms with E-state index in [1.54, 1.807) is 0 Å². The van der Waals surface area contributed by atoms with Crippen LogP contribution in [-0.2, 0) is 11.2 Å². The van der Waals surface area contributed by atoms with Crippen LogP contribution in [0.2, 0.25) is 10.3 Å². The van der Waals surface area contributed by atoms with Crippen LogP contribution in [0.25, 0.3) is 0 Å². The number of benzene rings is 1. The summed E-state index contributed by atoms with van der Waals surface area (Å²) in [5.74, 6) is 0.412. The van der Waals surface area contributed by atoms with Crippen molar-refractivity contribution in [3.63, 3.8) is 0 Å². The first-order chi connectivity index (χ1) is 8.70. The Bertz CT molecular complexity index is 575. The molecule has 2 aromatic rings. The van der Waals surface area contributed by atoms with E-state index in [2.05, 4.69) is 15.3 Å². The van der Waals surface area contributed by atoms with Gasteiger partial charge in [0.15, 0.2) is 5.82 Å². The van der Waals surface area contributed by atoms with E-state index in [0.29, 0.717) is 17.3 Å². The van der Waals surface area contributed by atoms with Gasteiger partial charge in [0.05, 0.1) is 6.20 Å². The lowest BCUT2D eigenvalue weighted by molar-refractivity contribution is -0.107. The van der Waals surface area contributed by atoms with Crippen LogP contribution in [0.4, 0.5) is 11.5 Å². The Hall–Kier alpha value is -1.65. The molecule has 0 radical (unpaired) electrons. The van der Waals surface area contributed by atoms with E-state index < -0.39 is 0 Å². The lowest BCUT2D eigenvalue weighted by atomic mass is 10.1. The lowest BCUT2D eigenvalue weighted by Gasteiger charge is -2.10. The molecule has 0 aliphatic carbocycles. The molecule has 1 N–H and O–H groups in total. The number of nitrogens with zero attached hydrogens (tertiary/aromatic N) is 2. The number of rotatable bonds is 4. The molecule has 0 saturated carbocycles. The molecule has 1 aromatic carbocycles. The number of aromatic nitrogens is 2. The predicted octanol–water partition coefficient (Wildman–Crippen LogP) is 3.27. The minimum atomic E-state index is 0.106. The van der Waals surface area contributed by atoms with E-state index in [9.17, 15) is 4.79 Å². The van der Waals surface area contributed by atoms with Gasteiger partial charge in [0, 0.05) is 12.1 Å². The molecule has 0 fully saturated rings. The number of halogens is 2. The monoisotopic (exact) mass is 281 g/mol. The lowest BCUT2D eigenvalue weighted by Crippen LogP contribution is -2.00. The van der Waals surface area contributed by atoms with E-state index in [0.717, 1.165) is 17.5 Å². The zero-order valence-corrected chi connectivity index (χ0v) is 10.7. The summed E-state index contributed by atoms with van der Waals surface area (Å²) in [6, 6.07) is 7.41. The fourth-order valence-corrected chi connectivity index (χ4v) is 1.74. The van der Waals surface area contributed by atoms with Gasteiger partial charge in [0.2, 0.25) is 5.28 Å². The van der Waals surface area contributed by atoms with Crippen molar-refractivity contribution < 1.29 is 4.79 Å². The van der Waals surface area contributed by atoms with E-state index in [-0.39, 0.29) is 5.28 Å². The summed E-state index contributed by atoms with van der Waals surface area (Å²) in [4.78, 5) is 18.4. The smallest absolute Gasteiger partial charge is 0.224 e. The van der Waals surface area contributed by atoms with Crippen LogP contribution in [0.1, 0.15) is 5.56 Å². The minimum Gasteiger partial charge on any atom is -0.339 e. The second-order valence-electron chi connectivity index (χ2n) is 3.49. The molecule has 0 saturated heterocycles. The second-order valence-corrected chi connectivity index (χ2v) is 4.23. The highest BCUT2D eigenvalue weighted by Gasteiger charge is 2.07. The molecule has 0 aliphatic rings. The van der Waals surface area contributed by atoms with E-state index in [1.807, 2.05) is 24.3 Å². The summed E-state index contributed by atoms with van der Waals surface area (Å²) in [6.45, 7) is 0. The van der Waals surface area contributed by atoms with Gasteiger partial charge in [-0.15, -0.1) is 0 Å². The van der Waals surface area contributed by atoms with Crippen molar-refractivity contribution in [2.75, 3.05) is 5.32 Å². The molecule has 0 unspecified atom stereocenters. The van der Waals surface area contributed by atoms with Gasteiger partial charge in [-0.3, -0.25) is 0 Å². The maximum Gasteiger partial charge on any atom is 0.224 e. The molecule has 18 heavy (non-hydrogen) atoms. The molecular formula is C12H9Cl2N3O. The molecular weight excluding hydrogens is 273 g/mol. The molecule has 0 spiro atoms. The quantitative estimate of drug-likeness (QED) is 0.690. The number of hydrogen-bond acceptors (Lipinski definition) is 4. The van der Waals surface area contributed by atoms with Crippen molar-refractivity contribution in [1.29, 1.82) is 0 Å².